The molecule has 1 saturated heterocycles. The number of carboxylic acid groups (broad SMARTS) is 1. The molecule has 2 rings (SSSR count). The van der Waals surface area contributed by atoms with Gasteiger partial charge in [0.15, 0.2) is 10.2 Å². The van der Waals surface area contributed by atoms with Gasteiger partial charge in [-0.05, 0) is 43.2 Å². The number of thioether (sulfide) groups is 2. The van der Waals surface area contributed by atoms with Crippen LogP contribution in [-0.2, 0) is 20.8 Å². The van der Waals surface area contributed by atoms with Crippen LogP contribution in [0.5, 0.6) is 5.75 Å². The molecule has 9 heteroatoms. The van der Waals surface area contributed by atoms with Crippen molar-refractivity contribution in [2.45, 2.75) is 23.6 Å². The van der Waals surface area contributed by atoms with Crippen molar-refractivity contribution >= 4 is 41.3 Å². The molecule has 0 unspecified atom stereocenters. The molecule has 1 aromatic carbocycles. The number of ether oxygens (including phenoxy) is 1. The van der Waals surface area contributed by atoms with Crippen LogP contribution >= 0.6 is 23.5 Å². The number of likely N-dealkylation sites (N-methyl/N-ethyl adjacent to an activating group) is 2. The Kier molecular flexibility index (Phi) is 7.65. The molecule has 1 aromatic rings. The number of benzene rings is 1. The quantitative estimate of drug-likeness (QED) is 0.623. The van der Waals surface area contributed by atoms with Gasteiger partial charge in [-0.15, -0.1) is 23.5 Å². The molecule has 1 heterocycles. The van der Waals surface area contributed by atoms with Gasteiger partial charge in [0.2, 0.25) is 0 Å². The molecule has 0 spiro atoms. The van der Waals surface area contributed by atoms with Gasteiger partial charge in [0.05, 0.1) is 0 Å². The van der Waals surface area contributed by atoms with Gasteiger partial charge in [-0.2, -0.15) is 0 Å². The molecular formula is C20H26N2O5S2. The molecule has 1 fully saturated rings. The molecule has 0 saturated carbocycles. The summed E-state index contributed by atoms with van der Waals surface area (Å²) in [6.07, 6.45) is 5.53. The number of hydrogen-bond acceptors (Lipinski definition) is 6. The van der Waals surface area contributed by atoms with E-state index in [1.807, 2.05) is 24.6 Å². The normalized spacial score (nSPS) is 22.8. The summed E-state index contributed by atoms with van der Waals surface area (Å²) in [7, 11) is 3.35. The third-order valence-corrected chi connectivity index (χ3v) is 7.23. The first kappa shape index (κ1) is 23.2. The minimum Gasteiger partial charge on any atom is -0.490 e. The predicted molar refractivity (Wildman–Crippen MR) is 116 cm³/mol. The minimum atomic E-state index is -0.998. The number of amides is 2. The largest absolute Gasteiger partial charge is 0.490 e. The summed E-state index contributed by atoms with van der Waals surface area (Å²) in [5, 5.41) is 8.34. The standard InChI is InChI=1S/C20H26N2O5S2/c1-13(18(24)25)10-11-27-15-8-6-14(7-9-15)12-20(29-5)19(26)21(2)17(28-4)16(23)22(20)3/h6-10,17H,11-12H2,1-5H3,(H,24,25)/t17-,20-/m1/s1. The van der Waals surface area contributed by atoms with Crippen LogP contribution in [0.25, 0.3) is 0 Å². The number of aliphatic carboxylic acids is 1. The van der Waals surface area contributed by atoms with Crippen LogP contribution < -0.4 is 4.74 Å². The first-order chi connectivity index (χ1) is 13.7. The number of piperazine rings is 1. The van der Waals surface area contributed by atoms with Crippen LogP contribution in [0, 0.1) is 0 Å². The fourth-order valence-electron chi connectivity index (χ4n) is 3.11. The van der Waals surface area contributed by atoms with Gasteiger partial charge >= 0.3 is 5.97 Å². The molecular weight excluding hydrogens is 412 g/mol. The van der Waals surface area contributed by atoms with Gasteiger partial charge in [-0.25, -0.2) is 4.79 Å². The van der Waals surface area contributed by atoms with Crippen molar-refractivity contribution in [3.05, 3.63) is 41.5 Å². The van der Waals surface area contributed by atoms with Crippen LogP contribution in [0.2, 0.25) is 0 Å². The van der Waals surface area contributed by atoms with E-state index in [1.165, 1.54) is 41.4 Å². The summed E-state index contributed by atoms with van der Waals surface area (Å²) >= 11 is 2.71. The molecule has 2 amide bonds. The molecule has 0 bridgehead atoms. The molecule has 158 valence electrons. The van der Waals surface area contributed by atoms with E-state index < -0.39 is 16.2 Å². The zero-order chi connectivity index (χ0) is 21.8. The first-order valence-corrected chi connectivity index (χ1v) is 11.4. The van der Waals surface area contributed by atoms with Gasteiger partial charge in [0.1, 0.15) is 12.4 Å². The van der Waals surface area contributed by atoms with E-state index in [-0.39, 0.29) is 24.0 Å². The lowest BCUT2D eigenvalue weighted by Gasteiger charge is -2.48. The van der Waals surface area contributed by atoms with Crippen molar-refractivity contribution in [3.8, 4) is 5.75 Å². The maximum absolute atomic E-state index is 13.2. The average molecular weight is 439 g/mol. The van der Waals surface area contributed by atoms with Crippen molar-refractivity contribution in [2.24, 2.45) is 0 Å². The minimum absolute atomic E-state index is 0.0884. The SMILES string of the molecule is CS[C@@H]1C(=O)N(C)[C@](Cc2ccc(OCC=C(C)C(=O)O)cc2)(SC)C(=O)N1C. The Bertz CT molecular complexity index is 812. The Hall–Kier alpha value is -2.13. The first-order valence-electron chi connectivity index (χ1n) is 8.92. The highest BCUT2D eigenvalue weighted by Crippen LogP contribution is 2.39. The van der Waals surface area contributed by atoms with E-state index in [1.54, 1.807) is 31.1 Å². The van der Waals surface area contributed by atoms with Gasteiger partial charge in [-0.3, -0.25) is 9.59 Å². The highest BCUT2D eigenvalue weighted by Gasteiger charge is 2.53. The Morgan fingerprint density at radius 1 is 1.24 bits per heavy atom. The summed E-state index contributed by atoms with van der Waals surface area (Å²) in [4.78, 5) is 38.8. The molecule has 1 aliphatic heterocycles. The summed E-state index contributed by atoms with van der Waals surface area (Å²) in [6, 6.07) is 7.26. The van der Waals surface area contributed by atoms with Gasteiger partial charge in [-0.1, -0.05) is 12.1 Å². The number of nitrogens with zero attached hydrogens (tertiary/aromatic N) is 2. The van der Waals surface area contributed by atoms with E-state index in [9.17, 15) is 14.4 Å². The number of carbonyl (C=O) groups excluding carboxylic acids is 2. The van der Waals surface area contributed by atoms with Crippen LogP contribution in [0.1, 0.15) is 12.5 Å². The lowest BCUT2D eigenvalue weighted by Crippen LogP contribution is -2.68. The molecule has 1 aliphatic rings. The van der Waals surface area contributed by atoms with E-state index in [0.717, 1.165) is 5.56 Å². The zero-order valence-corrected chi connectivity index (χ0v) is 18.8. The van der Waals surface area contributed by atoms with E-state index in [4.69, 9.17) is 9.84 Å². The fourth-order valence-corrected chi connectivity index (χ4v) is 4.88. The Morgan fingerprint density at radius 3 is 2.38 bits per heavy atom. The lowest BCUT2D eigenvalue weighted by molar-refractivity contribution is -0.156. The maximum Gasteiger partial charge on any atom is 0.331 e. The van der Waals surface area contributed by atoms with E-state index in [0.29, 0.717) is 12.2 Å². The second-order valence-electron chi connectivity index (χ2n) is 6.71. The highest BCUT2D eigenvalue weighted by molar-refractivity contribution is 8.01. The molecule has 2 atom stereocenters. The molecule has 0 aliphatic carbocycles. The van der Waals surface area contributed by atoms with Gasteiger partial charge in [0, 0.05) is 26.1 Å². The number of hydrogen-bond donors (Lipinski definition) is 1. The van der Waals surface area contributed by atoms with Crippen molar-refractivity contribution in [1.29, 1.82) is 0 Å². The Morgan fingerprint density at radius 2 is 1.86 bits per heavy atom. The predicted octanol–water partition coefficient (Wildman–Crippen LogP) is 2.32. The molecule has 7 nitrogen and oxygen atoms in total. The second-order valence-corrected chi connectivity index (χ2v) is 8.72. The molecule has 29 heavy (non-hydrogen) atoms. The van der Waals surface area contributed by atoms with Crippen LogP contribution in [0.3, 0.4) is 0 Å². The summed E-state index contributed by atoms with van der Waals surface area (Å²) in [6.45, 7) is 1.66. The second kappa shape index (κ2) is 9.58. The summed E-state index contributed by atoms with van der Waals surface area (Å²) in [5.74, 6) is -0.563. The van der Waals surface area contributed by atoms with Crippen molar-refractivity contribution < 1.29 is 24.2 Å². The zero-order valence-electron chi connectivity index (χ0n) is 17.2. The molecule has 1 N–H and O–H groups in total. The van der Waals surface area contributed by atoms with Gasteiger partial charge < -0.3 is 19.6 Å². The topological polar surface area (TPSA) is 87.1 Å². The van der Waals surface area contributed by atoms with Crippen LogP contribution in [0.15, 0.2) is 35.9 Å². The number of rotatable bonds is 8. The van der Waals surface area contributed by atoms with Crippen molar-refractivity contribution in [2.75, 3.05) is 33.2 Å². The lowest BCUT2D eigenvalue weighted by atomic mass is 10.0. The summed E-state index contributed by atoms with van der Waals surface area (Å²) < 4.78 is 5.54. The Balaban J connectivity index is 2.16. The number of carboxylic acids is 1. The third kappa shape index (κ3) is 4.72. The Labute approximate surface area is 179 Å². The number of carbonyl (C=O) groups is 3. The highest BCUT2D eigenvalue weighted by atomic mass is 32.2. The molecule has 0 radical (unpaired) electrons. The summed E-state index contributed by atoms with van der Waals surface area (Å²) in [5.41, 5.74) is 1.12. The van der Waals surface area contributed by atoms with E-state index in [2.05, 4.69) is 0 Å². The van der Waals surface area contributed by atoms with E-state index >= 15 is 0 Å². The van der Waals surface area contributed by atoms with Crippen molar-refractivity contribution in [3.63, 3.8) is 0 Å². The van der Waals surface area contributed by atoms with Gasteiger partial charge in [0.25, 0.3) is 11.8 Å². The van der Waals surface area contributed by atoms with Crippen LogP contribution in [0.4, 0.5) is 0 Å². The monoisotopic (exact) mass is 438 g/mol. The van der Waals surface area contributed by atoms with Crippen LogP contribution in [-0.4, -0.2) is 76.1 Å². The fraction of sp³-hybridized carbons (Fsp3) is 0.450. The maximum atomic E-state index is 13.2. The van der Waals surface area contributed by atoms with Crippen molar-refractivity contribution in [1.82, 2.24) is 9.80 Å². The average Bonchev–Trinajstić information content (AvgIpc) is 2.71. The third-order valence-electron chi connectivity index (χ3n) is 4.99. The molecule has 0 aromatic heterocycles. The smallest absolute Gasteiger partial charge is 0.331 e.